The first-order valence-electron chi connectivity index (χ1n) is 10.5. The molecule has 0 bridgehead atoms. The Labute approximate surface area is 150 Å². The molecule has 6 aliphatic rings. The molecule has 136 valence electrons. The van der Waals surface area contributed by atoms with Gasteiger partial charge in [-0.1, -0.05) is 13.8 Å². The fraction of sp³-hybridized carbons (Fsp3) is 0.864. The maximum absolute atomic E-state index is 11.9. The molecule has 1 N–H and O–H groups in total. The van der Waals surface area contributed by atoms with E-state index in [0.29, 0.717) is 17.3 Å². The highest BCUT2D eigenvalue weighted by Crippen LogP contribution is 2.82. The molecule has 5 aliphatic carbocycles. The maximum atomic E-state index is 11.9. The molecular weight excluding hydrogens is 312 g/mol. The van der Waals surface area contributed by atoms with Gasteiger partial charge in [-0.15, -0.1) is 0 Å². The van der Waals surface area contributed by atoms with Crippen LogP contribution < -0.4 is 0 Å². The number of aliphatic hydroxyl groups is 1. The Balaban J connectivity index is 1.40. The van der Waals surface area contributed by atoms with Gasteiger partial charge in [0.05, 0.1) is 6.10 Å². The summed E-state index contributed by atoms with van der Waals surface area (Å²) in [6, 6.07) is 0. The van der Waals surface area contributed by atoms with Gasteiger partial charge in [0.15, 0.2) is 0 Å². The fourth-order valence-corrected chi connectivity index (χ4v) is 9.23. The van der Waals surface area contributed by atoms with Gasteiger partial charge in [-0.3, -0.25) is 0 Å². The van der Waals surface area contributed by atoms with Crippen LogP contribution in [-0.2, 0) is 9.53 Å². The van der Waals surface area contributed by atoms with Gasteiger partial charge in [0.25, 0.3) is 0 Å². The summed E-state index contributed by atoms with van der Waals surface area (Å²) < 4.78 is 5.92. The Morgan fingerprint density at radius 3 is 2.52 bits per heavy atom. The molecule has 6 rings (SSSR count). The van der Waals surface area contributed by atoms with Gasteiger partial charge in [0, 0.05) is 16.9 Å². The summed E-state index contributed by atoms with van der Waals surface area (Å²) in [4.78, 5) is 11.9. The topological polar surface area (TPSA) is 46.5 Å². The van der Waals surface area contributed by atoms with E-state index in [1.807, 2.05) is 0 Å². The van der Waals surface area contributed by atoms with Gasteiger partial charge in [-0.05, 0) is 86.5 Å². The van der Waals surface area contributed by atoms with Crippen molar-refractivity contribution < 1.29 is 14.6 Å². The van der Waals surface area contributed by atoms with Crippen molar-refractivity contribution in [3.63, 3.8) is 0 Å². The number of fused-ring (bicyclic) bond motifs is 5. The quantitative estimate of drug-likeness (QED) is 0.680. The molecule has 0 unspecified atom stereocenters. The van der Waals surface area contributed by atoms with E-state index in [0.717, 1.165) is 31.1 Å². The molecule has 2 spiro atoms. The largest absolute Gasteiger partial charge is 0.451 e. The molecule has 0 radical (unpaired) electrons. The normalized spacial score (nSPS) is 63.8. The van der Waals surface area contributed by atoms with Gasteiger partial charge in [-0.25, -0.2) is 4.79 Å². The molecule has 3 nitrogen and oxygen atoms in total. The number of ether oxygens (including phenoxy) is 1. The van der Waals surface area contributed by atoms with E-state index in [1.54, 1.807) is 6.08 Å². The molecule has 0 amide bonds. The van der Waals surface area contributed by atoms with Gasteiger partial charge < -0.3 is 9.84 Å². The molecule has 25 heavy (non-hydrogen) atoms. The molecule has 5 fully saturated rings. The number of carbonyl (C=O) groups is 1. The van der Waals surface area contributed by atoms with Crippen LogP contribution in [0.1, 0.15) is 65.2 Å². The highest BCUT2D eigenvalue weighted by molar-refractivity contribution is 5.85. The van der Waals surface area contributed by atoms with Gasteiger partial charge >= 0.3 is 5.97 Å². The van der Waals surface area contributed by atoms with Crippen LogP contribution in [0.2, 0.25) is 0 Å². The molecular formula is C22H30O3. The Kier molecular flexibility index (Phi) is 2.55. The van der Waals surface area contributed by atoms with E-state index >= 15 is 0 Å². The maximum Gasteiger partial charge on any atom is 0.331 e. The van der Waals surface area contributed by atoms with Crippen LogP contribution in [0.3, 0.4) is 0 Å². The summed E-state index contributed by atoms with van der Waals surface area (Å²) in [6.45, 7) is 4.89. The zero-order valence-electron chi connectivity index (χ0n) is 15.5. The monoisotopic (exact) mass is 342 g/mol. The van der Waals surface area contributed by atoms with E-state index < -0.39 is 0 Å². The van der Waals surface area contributed by atoms with Crippen LogP contribution in [0.25, 0.3) is 0 Å². The average Bonchev–Trinajstić information content (AvgIpc) is 2.92. The third-order valence-corrected chi connectivity index (χ3v) is 10.5. The molecule has 1 heterocycles. The van der Waals surface area contributed by atoms with Crippen molar-refractivity contribution in [1.29, 1.82) is 0 Å². The first-order valence-corrected chi connectivity index (χ1v) is 10.5. The second-order valence-electron chi connectivity index (χ2n) is 10.7. The number of esters is 1. The second-order valence-corrected chi connectivity index (χ2v) is 10.7. The molecule has 9 atom stereocenters. The van der Waals surface area contributed by atoms with Gasteiger partial charge in [-0.2, -0.15) is 0 Å². The Bertz CT molecular complexity index is 699. The van der Waals surface area contributed by atoms with Crippen molar-refractivity contribution in [3.05, 3.63) is 12.2 Å². The highest BCUT2D eigenvalue weighted by Gasteiger charge is 2.78. The highest BCUT2D eigenvalue weighted by atomic mass is 16.6. The number of aliphatic hydroxyl groups excluding tert-OH is 1. The summed E-state index contributed by atoms with van der Waals surface area (Å²) in [6.07, 6.45) is 13.1. The molecule has 0 aromatic heterocycles. The first kappa shape index (κ1) is 15.2. The Morgan fingerprint density at radius 2 is 1.80 bits per heavy atom. The SMILES string of the molecule is C[C@]12CC[C@H]3[C@@H](C[C@@H](O)[C@@]45C[C@@H]4CC[C@]35C)[C@@H]1CC[C@@]21C=CC(=O)O1. The smallest absolute Gasteiger partial charge is 0.331 e. The van der Waals surface area contributed by atoms with E-state index in [-0.39, 0.29) is 28.5 Å². The predicted octanol–water partition coefficient (Wildman–Crippen LogP) is 3.85. The summed E-state index contributed by atoms with van der Waals surface area (Å²) in [5, 5.41) is 11.2. The minimum absolute atomic E-state index is 0.0545. The summed E-state index contributed by atoms with van der Waals surface area (Å²) in [7, 11) is 0. The zero-order chi connectivity index (χ0) is 17.2. The van der Waals surface area contributed by atoms with Crippen LogP contribution in [0.4, 0.5) is 0 Å². The first-order chi connectivity index (χ1) is 11.9. The summed E-state index contributed by atoms with van der Waals surface area (Å²) >= 11 is 0. The zero-order valence-corrected chi connectivity index (χ0v) is 15.5. The van der Waals surface area contributed by atoms with E-state index in [9.17, 15) is 9.90 Å². The van der Waals surface area contributed by atoms with E-state index in [4.69, 9.17) is 4.74 Å². The van der Waals surface area contributed by atoms with E-state index in [2.05, 4.69) is 19.9 Å². The van der Waals surface area contributed by atoms with Crippen molar-refractivity contribution in [2.75, 3.05) is 0 Å². The number of hydrogen-bond donors (Lipinski definition) is 1. The van der Waals surface area contributed by atoms with Gasteiger partial charge in [0.2, 0.25) is 0 Å². The lowest BCUT2D eigenvalue weighted by molar-refractivity contribution is -0.179. The average molecular weight is 342 g/mol. The van der Waals surface area contributed by atoms with Crippen LogP contribution in [0, 0.1) is 39.9 Å². The molecule has 5 saturated carbocycles. The third-order valence-electron chi connectivity index (χ3n) is 10.5. The Hall–Kier alpha value is -0.830. The number of carbonyl (C=O) groups excluding carboxylic acids is 1. The van der Waals surface area contributed by atoms with Crippen molar-refractivity contribution in [2.24, 2.45) is 39.9 Å². The Morgan fingerprint density at radius 1 is 1.08 bits per heavy atom. The molecule has 0 aromatic carbocycles. The lowest BCUT2D eigenvalue weighted by Gasteiger charge is -2.60. The standard InChI is InChI=1S/C22H30O3/c1-19-8-4-16-14(15(19)5-9-21(19)10-6-18(24)25-21)11-17(23)22-12-13(22)3-7-20(16,22)2/h6,10,13-17,23H,3-5,7-9,11-12H2,1-2H3/t13-,14-,15-,16-,17+,19-,20+,21+,22+/m0/s1. The minimum Gasteiger partial charge on any atom is -0.451 e. The van der Waals surface area contributed by atoms with Crippen LogP contribution >= 0.6 is 0 Å². The van der Waals surface area contributed by atoms with Crippen molar-refractivity contribution >= 4 is 5.97 Å². The second kappa shape index (κ2) is 4.18. The summed E-state index contributed by atoms with van der Waals surface area (Å²) in [5.74, 6) is 2.60. The number of hydrogen-bond acceptors (Lipinski definition) is 3. The van der Waals surface area contributed by atoms with Gasteiger partial charge in [0.1, 0.15) is 5.60 Å². The van der Waals surface area contributed by atoms with E-state index in [1.165, 1.54) is 32.1 Å². The van der Waals surface area contributed by atoms with Crippen molar-refractivity contribution in [3.8, 4) is 0 Å². The molecule has 0 aromatic rings. The number of rotatable bonds is 0. The van der Waals surface area contributed by atoms with Crippen LogP contribution in [0.15, 0.2) is 12.2 Å². The third kappa shape index (κ3) is 1.43. The predicted molar refractivity (Wildman–Crippen MR) is 93.5 cm³/mol. The fourth-order valence-electron chi connectivity index (χ4n) is 9.23. The van der Waals surface area contributed by atoms with Crippen LogP contribution in [0.5, 0.6) is 0 Å². The van der Waals surface area contributed by atoms with Crippen molar-refractivity contribution in [2.45, 2.75) is 76.9 Å². The lowest BCUT2D eigenvalue weighted by Crippen LogP contribution is -2.58. The van der Waals surface area contributed by atoms with Crippen molar-refractivity contribution in [1.82, 2.24) is 0 Å². The molecule has 3 heteroatoms. The molecule has 0 saturated heterocycles. The lowest BCUT2D eigenvalue weighted by atomic mass is 9.45. The minimum atomic E-state index is -0.363. The van der Waals surface area contributed by atoms with Crippen LogP contribution in [-0.4, -0.2) is 22.8 Å². The molecule has 1 aliphatic heterocycles. The summed E-state index contributed by atoms with van der Waals surface area (Å²) in [5.41, 5.74) is 0.300.